The van der Waals surface area contributed by atoms with Crippen molar-refractivity contribution in [1.82, 2.24) is 25.4 Å². The van der Waals surface area contributed by atoms with Crippen molar-refractivity contribution in [3.8, 4) is 22.8 Å². The van der Waals surface area contributed by atoms with Crippen LogP contribution in [-0.4, -0.2) is 64.6 Å². The molecule has 3 unspecified atom stereocenters. The maximum Gasteiger partial charge on any atom is 0.182 e. The van der Waals surface area contributed by atoms with Gasteiger partial charge in [-0.05, 0) is 48.9 Å². The highest BCUT2D eigenvalue weighted by Gasteiger charge is 2.43. The second-order valence-corrected chi connectivity index (χ2v) is 9.21. The molecule has 6 rings (SSSR count). The van der Waals surface area contributed by atoms with Crippen molar-refractivity contribution >= 4 is 11.0 Å². The molecule has 0 bridgehead atoms. The Kier molecular flexibility index (Phi) is 5.64. The Hall–Kier alpha value is -3.46. The lowest BCUT2D eigenvalue weighted by molar-refractivity contribution is -0.151. The number of nitrogens with zero attached hydrogens (tertiary/aromatic N) is 3. The first kappa shape index (κ1) is 22.0. The van der Waals surface area contributed by atoms with Crippen LogP contribution < -0.4 is 10.1 Å². The summed E-state index contributed by atoms with van der Waals surface area (Å²) in [5.41, 5.74) is 5.69. The topological polar surface area (TPSA) is 95.5 Å². The summed E-state index contributed by atoms with van der Waals surface area (Å²) in [7, 11) is 1.73. The van der Waals surface area contributed by atoms with E-state index in [1.807, 2.05) is 31.2 Å². The van der Waals surface area contributed by atoms with Crippen LogP contribution in [-0.2, 0) is 4.74 Å². The van der Waals surface area contributed by atoms with E-state index in [2.05, 4.69) is 38.6 Å². The lowest BCUT2D eigenvalue weighted by atomic mass is 9.90. The lowest BCUT2D eigenvalue weighted by Crippen LogP contribution is -2.58. The number of benzene rings is 2. The van der Waals surface area contributed by atoms with E-state index in [1.54, 1.807) is 19.2 Å². The number of nitrogens with one attached hydrogen (secondary N) is 2. The molecule has 8 heteroatoms. The van der Waals surface area contributed by atoms with Gasteiger partial charge in [-0.2, -0.15) is 5.10 Å². The largest absolute Gasteiger partial charge is 0.508 e. The van der Waals surface area contributed by atoms with Gasteiger partial charge < -0.3 is 19.9 Å². The SMILES string of the molecule is COc1ccccc1C1CNCCN1C1COC1c1cc(-c2ccc(O)cc2)nc2n[nH]c(C)c12. The van der Waals surface area contributed by atoms with E-state index in [-0.39, 0.29) is 23.9 Å². The second kappa shape index (κ2) is 8.96. The minimum Gasteiger partial charge on any atom is -0.508 e. The molecule has 0 radical (unpaired) electrons. The van der Waals surface area contributed by atoms with Gasteiger partial charge in [0, 0.05) is 41.8 Å². The van der Waals surface area contributed by atoms with Crippen molar-refractivity contribution in [2.75, 3.05) is 33.4 Å². The summed E-state index contributed by atoms with van der Waals surface area (Å²) < 4.78 is 12.0. The molecule has 0 saturated carbocycles. The molecule has 0 amide bonds. The van der Waals surface area contributed by atoms with Gasteiger partial charge in [-0.1, -0.05) is 18.2 Å². The maximum absolute atomic E-state index is 9.73. The molecule has 2 fully saturated rings. The van der Waals surface area contributed by atoms with E-state index >= 15 is 0 Å². The Labute approximate surface area is 203 Å². The standard InChI is InChI=1S/C27H29N5O3/c1-16-25-20(13-21(29-27(25)31-30-16)17-7-9-18(33)10-8-17)26-23(15-35-26)32-12-11-28-14-22(32)19-5-3-4-6-24(19)34-2/h3-10,13,22-23,26,28,33H,11-12,14-15H2,1-2H3,(H,29,30,31). The Balaban J connectivity index is 1.40. The third kappa shape index (κ3) is 3.83. The summed E-state index contributed by atoms with van der Waals surface area (Å²) in [6, 6.07) is 17.9. The molecule has 3 atom stereocenters. The van der Waals surface area contributed by atoms with E-state index in [4.69, 9.17) is 14.5 Å². The predicted molar refractivity (Wildman–Crippen MR) is 134 cm³/mol. The molecule has 180 valence electrons. The van der Waals surface area contributed by atoms with Crippen LogP contribution in [0, 0.1) is 6.92 Å². The summed E-state index contributed by atoms with van der Waals surface area (Å²) >= 11 is 0. The van der Waals surface area contributed by atoms with Crippen molar-refractivity contribution in [3.05, 3.63) is 71.4 Å². The number of aryl methyl sites for hydroxylation is 1. The van der Waals surface area contributed by atoms with Crippen LogP contribution in [0.25, 0.3) is 22.3 Å². The minimum absolute atomic E-state index is 0.0945. The molecule has 4 aromatic rings. The zero-order valence-electron chi connectivity index (χ0n) is 19.9. The van der Waals surface area contributed by atoms with Crippen LogP contribution in [0.3, 0.4) is 0 Å². The molecule has 2 aromatic heterocycles. The summed E-state index contributed by atoms with van der Waals surface area (Å²) in [5.74, 6) is 1.14. The number of methoxy groups -OCH3 is 1. The number of ether oxygens (including phenoxy) is 2. The molecule has 2 aromatic carbocycles. The highest BCUT2D eigenvalue weighted by atomic mass is 16.5. The van der Waals surface area contributed by atoms with Gasteiger partial charge in [-0.15, -0.1) is 0 Å². The summed E-state index contributed by atoms with van der Waals surface area (Å²) in [6.45, 7) is 5.42. The van der Waals surface area contributed by atoms with Crippen molar-refractivity contribution in [2.45, 2.75) is 25.1 Å². The number of aromatic hydroxyl groups is 1. The molecule has 2 aliphatic rings. The molecule has 2 aliphatic heterocycles. The quantitative estimate of drug-likeness (QED) is 0.408. The van der Waals surface area contributed by atoms with Crippen molar-refractivity contribution in [3.63, 3.8) is 0 Å². The Morgan fingerprint density at radius 1 is 1.11 bits per heavy atom. The van der Waals surface area contributed by atoms with Gasteiger partial charge in [-0.3, -0.25) is 10.00 Å². The number of fused-ring (bicyclic) bond motifs is 1. The van der Waals surface area contributed by atoms with Crippen molar-refractivity contribution in [2.24, 2.45) is 0 Å². The highest BCUT2D eigenvalue weighted by molar-refractivity contribution is 5.85. The van der Waals surface area contributed by atoms with Gasteiger partial charge in [0.15, 0.2) is 5.65 Å². The number of para-hydroxylation sites is 1. The fourth-order valence-corrected chi connectivity index (χ4v) is 5.41. The van der Waals surface area contributed by atoms with Crippen molar-refractivity contribution < 1.29 is 14.6 Å². The summed E-state index contributed by atoms with van der Waals surface area (Å²) in [4.78, 5) is 7.36. The van der Waals surface area contributed by atoms with Crippen LogP contribution >= 0.6 is 0 Å². The first-order valence-electron chi connectivity index (χ1n) is 12.0. The number of rotatable bonds is 5. The lowest BCUT2D eigenvalue weighted by Gasteiger charge is -2.49. The van der Waals surface area contributed by atoms with Crippen LogP contribution in [0.5, 0.6) is 11.5 Å². The molecule has 0 aliphatic carbocycles. The normalized spacial score (nSPS) is 22.7. The number of phenolic OH excluding ortho intramolecular Hbond substituents is 1. The van der Waals surface area contributed by atoms with E-state index < -0.39 is 0 Å². The molecule has 4 heterocycles. The van der Waals surface area contributed by atoms with E-state index in [1.165, 1.54) is 5.56 Å². The summed E-state index contributed by atoms with van der Waals surface area (Å²) in [6.07, 6.45) is -0.0945. The molecular weight excluding hydrogens is 442 g/mol. The number of piperazine rings is 1. The smallest absolute Gasteiger partial charge is 0.182 e. The minimum atomic E-state index is -0.0945. The number of H-pyrrole nitrogens is 1. The van der Waals surface area contributed by atoms with Gasteiger partial charge in [-0.25, -0.2) is 4.98 Å². The first-order chi connectivity index (χ1) is 17.1. The fourth-order valence-electron chi connectivity index (χ4n) is 5.41. The van der Waals surface area contributed by atoms with Gasteiger partial charge >= 0.3 is 0 Å². The van der Waals surface area contributed by atoms with Crippen LogP contribution in [0.15, 0.2) is 54.6 Å². The van der Waals surface area contributed by atoms with E-state index in [0.717, 1.165) is 53.3 Å². The number of hydrogen-bond acceptors (Lipinski definition) is 7. The third-order valence-electron chi connectivity index (χ3n) is 7.21. The zero-order valence-corrected chi connectivity index (χ0v) is 19.9. The predicted octanol–water partition coefficient (Wildman–Crippen LogP) is 3.73. The van der Waals surface area contributed by atoms with Gasteiger partial charge in [0.25, 0.3) is 0 Å². The van der Waals surface area contributed by atoms with Gasteiger partial charge in [0.2, 0.25) is 0 Å². The summed E-state index contributed by atoms with van der Waals surface area (Å²) in [5, 5.41) is 21.9. The monoisotopic (exact) mass is 471 g/mol. The molecule has 8 nitrogen and oxygen atoms in total. The molecule has 3 N–H and O–H groups in total. The second-order valence-electron chi connectivity index (χ2n) is 9.21. The van der Waals surface area contributed by atoms with Crippen LogP contribution in [0.1, 0.15) is 29.0 Å². The van der Waals surface area contributed by atoms with E-state index in [9.17, 15) is 5.11 Å². The third-order valence-corrected chi connectivity index (χ3v) is 7.21. The maximum atomic E-state index is 9.73. The Bertz CT molecular complexity index is 1350. The number of pyridine rings is 1. The Morgan fingerprint density at radius 2 is 1.94 bits per heavy atom. The average molecular weight is 472 g/mol. The molecular formula is C27H29N5O3. The molecule has 35 heavy (non-hydrogen) atoms. The average Bonchev–Trinajstić information content (AvgIpc) is 3.25. The number of phenols is 1. The molecule has 0 spiro atoms. The van der Waals surface area contributed by atoms with Crippen LogP contribution in [0.4, 0.5) is 0 Å². The van der Waals surface area contributed by atoms with Gasteiger partial charge in [0.1, 0.15) is 17.6 Å². The molecule has 2 saturated heterocycles. The van der Waals surface area contributed by atoms with E-state index in [0.29, 0.717) is 12.3 Å². The van der Waals surface area contributed by atoms with Crippen LogP contribution in [0.2, 0.25) is 0 Å². The van der Waals surface area contributed by atoms with Gasteiger partial charge in [0.05, 0.1) is 31.5 Å². The number of aromatic amines is 1. The number of aromatic nitrogens is 3. The fraction of sp³-hybridized carbons (Fsp3) is 0.333. The van der Waals surface area contributed by atoms with Crippen molar-refractivity contribution in [1.29, 1.82) is 0 Å². The number of hydrogen-bond donors (Lipinski definition) is 3. The highest BCUT2D eigenvalue weighted by Crippen LogP contribution is 2.43. The Morgan fingerprint density at radius 3 is 2.71 bits per heavy atom. The zero-order chi connectivity index (χ0) is 23.9. The first-order valence-corrected chi connectivity index (χ1v) is 12.0.